The van der Waals surface area contributed by atoms with Crippen molar-refractivity contribution in [2.45, 2.75) is 17.9 Å². The van der Waals surface area contributed by atoms with Gasteiger partial charge in [0.1, 0.15) is 0 Å². The molecule has 6 nitrogen and oxygen atoms in total. The number of benzene rings is 3. The number of rotatable bonds is 6. The Kier molecular flexibility index (Phi) is 6.86. The van der Waals surface area contributed by atoms with Gasteiger partial charge >= 0.3 is 5.97 Å². The first-order valence-corrected chi connectivity index (χ1v) is 9.98. The quantitative estimate of drug-likeness (QED) is 0.371. The topological polar surface area (TPSA) is 84.5 Å². The summed E-state index contributed by atoms with van der Waals surface area (Å²) in [6.07, 6.45) is -1.03. The minimum absolute atomic E-state index is 0.0757. The van der Waals surface area contributed by atoms with Crippen LogP contribution in [0.5, 0.6) is 0 Å². The van der Waals surface area contributed by atoms with Crippen LogP contribution < -0.4 is 10.9 Å². The van der Waals surface area contributed by atoms with Crippen molar-refractivity contribution in [1.29, 1.82) is 0 Å². The van der Waals surface area contributed by atoms with E-state index in [0.717, 1.165) is 15.7 Å². The molecule has 0 radical (unpaired) electrons. The highest BCUT2D eigenvalue weighted by Crippen LogP contribution is 2.23. The Bertz CT molecular complexity index is 1020. The summed E-state index contributed by atoms with van der Waals surface area (Å²) in [6, 6.07) is 22.4. The summed E-state index contributed by atoms with van der Waals surface area (Å²) in [5.41, 5.74) is 4.96. The highest BCUT2D eigenvalue weighted by Gasteiger charge is 2.18. The van der Waals surface area contributed by atoms with Crippen LogP contribution in [-0.4, -0.2) is 29.6 Å². The van der Waals surface area contributed by atoms with Crippen LogP contribution in [0.25, 0.3) is 10.8 Å². The van der Waals surface area contributed by atoms with Gasteiger partial charge in [0.15, 0.2) is 6.10 Å². The number of amides is 2. The first-order valence-electron chi connectivity index (χ1n) is 8.99. The van der Waals surface area contributed by atoms with Gasteiger partial charge in [-0.2, -0.15) is 0 Å². The molecular weight excluding hydrogens is 388 g/mol. The Morgan fingerprint density at radius 3 is 2.34 bits per heavy atom. The van der Waals surface area contributed by atoms with Crippen LogP contribution in [0.2, 0.25) is 0 Å². The lowest BCUT2D eigenvalue weighted by atomic mass is 10.1. The standard InChI is InChI=1S/C22H20N2O4S/c1-15(21(26)23-24-22(27)17-8-3-2-4-9-17)28-20(25)14-29-19-12-11-16-7-5-6-10-18(16)13-19/h2-13,15H,14H2,1H3,(H,23,26)(H,24,27)/t15-/m1/s1. The largest absolute Gasteiger partial charge is 0.452 e. The molecule has 0 aliphatic carbocycles. The van der Waals surface area contributed by atoms with Gasteiger partial charge in [-0.25, -0.2) is 0 Å². The van der Waals surface area contributed by atoms with Gasteiger partial charge in [-0.05, 0) is 42.0 Å². The average Bonchev–Trinajstić information content (AvgIpc) is 2.76. The molecule has 7 heteroatoms. The van der Waals surface area contributed by atoms with E-state index in [0.29, 0.717) is 5.56 Å². The predicted octanol–water partition coefficient (Wildman–Crippen LogP) is 3.32. The molecule has 148 valence electrons. The van der Waals surface area contributed by atoms with Crippen LogP contribution >= 0.6 is 11.8 Å². The molecule has 0 fully saturated rings. The summed E-state index contributed by atoms with van der Waals surface area (Å²) < 4.78 is 5.14. The number of hydrazine groups is 1. The number of esters is 1. The second kappa shape index (κ2) is 9.75. The van der Waals surface area contributed by atoms with Crippen molar-refractivity contribution in [3.63, 3.8) is 0 Å². The molecule has 0 aromatic heterocycles. The Balaban J connectivity index is 1.44. The normalized spacial score (nSPS) is 11.5. The number of thioether (sulfide) groups is 1. The number of carbonyl (C=O) groups is 3. The van der Waals surface area contributed by atoms with Crippen molar-refractivity contribution in [3.05, 3.63) is 78.4 Å². The smallest absolute Gasteiger partial charge is 0.317 e. The minimum atomic E-state index is -1.03. The van der Waals surface area contributed by atoms with Crippen molar-refractivity contribution in [2.24, 2.45) is 0 Å². The first-order chi connectivity index (χ1) is 14.0. The maximum atomic E-state index is 12.0. The van der Waals surface area contributed by atoms with Crippen LogP contribution in [0.3, 0.4) is 0 Å². The van der Waals surface area contributed by atoms with E-state index in [-0.39, 0.29) is 5.75 Å². The molecule has 0 bridgehead atoms. The van der Waals surface area contributed by atoms with Gasteiger partial charge in [-0.3, -0.25) is 25.2 Å². The van der Waals surface area contributed by atoms with Gasteiger partial charge in [0.05, 0.1) is 5.75 Å². The molecule has 3 rings (SSSR count). The van der Waals surface area contributed by atoms with Gasteiger partial charge in [0.25, 0.3) is 11.8 Å². The molecule has 2 amide bonds. The Morgan fingerprint density at radius 1 is 0.897 bits per heavy atom. The first kappa shape index (κ1) is 20.4. The molecule has 0 spiro atoms. The van der Waals surface area contributed by atoms with Gasteiger partial charge in [-0.15, -0.1) is 11.8 Å². The third kappa shape index (κ3) is 5.83. The fraction of sp³-hybridized carbons (Fsp3) is 0.136. The second-order valence-corrected chi connectivity index (χ2v) is 7.29. The predicted molar refractivity (Wildman–Crippen MR) is 112 cm³/mol. The fourth-order valence-electron chi connectivity index (χ4n) is 2.57. The number of carbonyl (C=O) groups excluding carboxylic acids is 3. The molecule has 0 aliphatic rings. The summed E-state index contributed by atoms with van der Waals surface area (Å²) in [7, 11) is 0. The van der Waals surface area contributed by atoms with Crippen molar-refractivity contribution in [3.8, 4) is 0 Å². The van der Waals surface area contributed by atoms with Crippen molar-refractivity contribution in [1.82, 2.24) is 10.9 Å². The lowest BCUT2D eigenvalue weighted by Crippen LogP contribution is -2.46. The summed E-state index contributed by atoms with van der Waals surface area (Å²) in [6.45, 7) is 1.45. The zero-order valence-electron chi connectivity index (χ0n) is 15.8. The summed E-state index contributed by atoms with van der Waals surface area (Å²) >= 11 is 1.34. The highest BCUT2D eigenvalue weighted by atomic mass is 32.2. The van der Waals surface area contributed by atoms with Gasteiger partial charge in [-0.1, -0.05) is 48.5 Å². The van der Waals surface area contributed by atoms with Crippen molar-refractivity contribution >= 4 is 40.3 Å². The maximum Gasteiger partial charge on any atom is 0.317 e. The van der Waals surface area contributed by atoms with Gasteiger partial charge in [0, 0.05) is 10.5 Å². The summed E-state index contributed by atoms with van der Waals surface area (Å²) in [4.78, 5) is 36.9. The molecule has 3 aromatic carbocycles. The number of hydrogen-bond acceptors (Lipinski definition) is 5. The van der Waals surface area contributed by atoms with Crippen molar-refractivity contribution in [2.75, 3.05) is 5.75 Å². The lowest BCUT2D eigenvalue weighted by molar-refractivity contribution is -0.152. The lowest BCUT2D eigenvalue weighted by Gasteiger charge is -2.14. The Morgan fingerprint density at radius 2 is 1.59 bits per heavy atom. The molecule has 0 saturated heterocycles. The molecule has 3 aromatic rings. The Labute approximate surface area is 172 Å². The van der Waals surface area contributed by atoms with E-state index in [4.69, 9.17) is 4.74 Å². The number of hydrogen-bond donors (Lipinski definition) is 2. The minimum Gasteiger partial charge on any atom is -0.452 e. The molecular formula is C22H20N2O4S. The zero-order chi connectivity index (χ0) is 20.6. The fourth-order valence-corrected chi connectivity index (χ4v) is 3.29. The molecule has 0 aliphatic heterocycles. The van der Waals surface area contributed by atoms with Gasteiger partial charge in [0.2, 0.25) is 0 Å². The maximum absolute atomic E-state index is 12.0. The average molecular weight is 408 g/mol. The van der Waals surface area contributed by atoms with Crippen LogP contribution in [-0.2, 0) is 14.3 Å². The van der Waals surface area contributed by atoms with Crippen LogP contribution in [0.1, 0.15) is 17.3 Å². The second-order valence-electron chi connectivity index (χ2n) is 6.24. The van der Waals surface area contributed by atoms with E-state index >= 15 is 0 Å². The molecule has 1 atom stereocenters. The van der Waals surface area contributed by atoms with Crippen LogP contribution in [0.4, 0.5) is 0 Å². The Hall–Kier alpha value is -3.32. The summed E-state index contributed by atoms with van der Waals surface area (Å²) in [5, 5.41) is 2.22. The molecule has 29 heavy (non-hydrogen) atoms. The van der Waals surface area contributed by atoms with Crippen molar-refractivity contribution < 1.29 is 19.1 Å². The van der Waals surface area contributed by atoms with E-state index in [1.807, 2.05) is 42.5 Å². The van der Waals surface area contributed by atoms with E-state index in [1.54, 1.807) is 30.3 Å². The monoisotopic (exact) mass is 408 g/mol. The molecule has 0 unspecified atom stereocenters. The van der Waals surface area contributed by atoms with E-state index in [2.05, 4.69) is 10.9 Å². The molecule has 2 N–H and O–H groups in total. The molecule has 0 saturated carbocycles. The van der Waals surface area contributed by atoms with Crippen LogP contribution in [0.15, 0.2) is 77.7 Å². The number of nitrogens with one attached hydrogen (secondary N) is 2. The highest BCUT2D eigenvalue weighted by molar-refractivity contribution is 8.00. The third-order valence-electron chi connectivity index (χ3n) is 4.09. The summed E-state index contributed by atoms with van der Waals surface area (Å²) in [5.74, 6) is -1.50. The molecule has 0 heterocycles. The van der Waals surface area contributed by atoms with E-state index in [1.165, 1.54) is 18.7 Å². The zero-order valence-corrected chi connectivity index (χ0v) is 16.6. The van der Waals surface area contributed by atoms with Gasteiger partial charge < -0.3 is 4.74 Å². The van der Waals surface area contributed by atoms with E-state index in [9.17, 15) is 14.4 Å². The number of ether oxygens (including phenoxy) is 1. The van der Waals surface area contributed by atoms with E-state index < -0.39 is 23.9 Å². The SMILES string of the molecule is C[C@@H](OC(=O)CSc1ccc2ccccc2c1)C(=O)NNC(=O)c1ccccc1. The number of fused-ring (bicyclic) bond motifs is 1. The van der Waals surface area contributed by atoms with Crippen LogP contribution in [0, 0.1) is 0 Å². The third-order valence-corrected chi connectivity index (χ3v) is 5.06.